The number of methoxy groups -OCH3 is 3. The Morgan fingerprint density at radius 1 is 1.17 bits per heavy atom. The number of hydrogen-bond donors (Lipinski definition) is 1. The van der Waals surface area contributed by atoms with E-state index in [1.54, 1.807) is 44.4 Å². The Morgan fingerprint density at radius 2 is 1.93 bits per heavy atom. The molecule has 1 aromatic heterocycles. The predicted molar refractivity (Wildman–Crippen MR) is 108 cm³/mol. The highest BCUT2D eigenvalue weighted by Gasteiger charge is 2.27. The first-order chi connectivity index (χ1) is 14.6. The Hall–Kier alpha value is -2.85. The van der Waals surface area contributed by atoms with Crippen molar-refractivity contribution in [2.75, 3.05) is 52.9 Å². The zero-order valence-electron chi connectivity index (χ0n) is 17.6. The van der Waals surface area contributed by atoms with Crippen molar-refractivity contribution in [1.82, 2.24) is 15.0 Å². The molecule has 2 heterocycles. The third-order valence-corrected chi connectivity index (χ3v) is 4.92. The van der Waals surface area contributed by atoms with Gasteiger partial charge < -0.3 is 33.7 Å². The summed E-state index contributed by atoms with van der Waals surface area (Å²) in [6, 6.07) is 5.12. The number of rotatable bonds is 9. The summed E-state index contributed by atoms with van der Waals surface area (Å²) in [6.07, 6.45) is 1.53. The van der Waals surface area contributed by atoms with Crippen molar-refractivity contribution in [2.24, 2.45) is 0 Å². The predicted octanol–water partition coefficient (Wildman–Crippen LogP) is 2.66. The van der Waals surface area contributed by atoms with Gasteiger partial charge in [-0.15, -0.1) is 0 Å². The first-order valence-electron chi connectivity index (χ1n) is 9.81. The lowest BCUT2D eigenvalue weighted by Gasteiger charge is -2.30. The first kappa shape index (κ1) is 21.8. The van der Waals surface area contributed by atoms with Crippen molar-refractivity contribution < 1.29 is 28.3 Å². The van der Waals surface area contributed by atoms with Gasteiger partial charge in [-0.3, -0.25) is 0 Å². The molecule has 0 radical (unpaired) electrons. The highest BCUT2D eigenvalue weighted by atomic mass is 16.5. The second-order valence-corrected chi connectivity index (χ2v) is 6.85. The number of nitrogens with zero attached hydrogens (tertiary/aromatic N) is 3. The number of carbonyl (C=O) groups excluding carboxylic acids is 1. The van der Waals surface area contributed by atoms with E-state index in [2.05, 4.69) is 15.5 Å². The lowest BCUT2D eigenvalue weighted by atomic mass is 9.96. The van der Waals surface area contributed by atoms with Gasteiger partial charge in [0, 0.05) is 37.9 Å². The molecule has 1 fully saturated rings. The van der Waals surface area contributed by atoms with Crippen LogP contribution in [0.2, 0.25) is 0 Å². The Kier molecular flexibility index (Phi) is 7.86. The maximum absolute atomic E-state index is 12.6. The van der Waals surface area contributed by atoms with E-state index in [9.17, 15) is 4.79 Å². The van der Waals surface area contributed by atoms with Crippen LogP contribution in [0.4, 0.5) is 10.5 Å². The van der Waals surface area contributed by atoms with Gasteiger partial charge in [-0.05, 0) is 25.0 Å². The summed E-state index contributed by atoms with van der Waals surface area (Å²) >= 11 is 0. The van der Waals surface area contributed by atoms with Gasteiger partial charge in [0.25, 0.3) is 5.89 Å². The summed E-state index contributed by atoms with van der Waals surface area (Å²) in [5.41, 5.74) is 0.649. The number of aromatic nitrogens is 2. The van der Waals surface area contributed by atoms with Crippen LogP contribution in [0.3, 0.4) is 0 Å². The number of benzene rings is 1. The Bertz CT molecular complexity index is 819. The standard InChI is InChI=1S/C20H28N4O6/c1-26-10-11-29-13-18-22-19(23-30-18)14-6-8-24(9-7-14)20(25)21-15-4-5-16(27-2)17(12-15)28-3/h4-5,12,14H,6-11,13H2,1-3H3,(H,21,25). The molecule has 0 bridgehead atoms. The second-order valence-electron chi connectivity index (χ2n) is 6.85. The number of urea groups is 1. The topological polar surface area (TPSA) is 108 Å². The molecule has 3 rings (SSSR count). The maximum atomic E-state index is 12.6. The molecule has 2 amide bonds. The minimum Gasteiger partial charge on any atom is -0.493 e. The van der Waals surface area contributed by atoms with E-state index in [1.165, 1.54) is 0 Å². The minimum absolute atomic E-state index is 0.152. The summed E-state index contributed by atoms with van der Waals surface area (Å²) in [6.45, 7) is 2.48. The number of likely N-dealkylation sites (tertiary alicyclic amines) is 1. The van der Waals surface area contributed by atoms with Crippen molar-refractivity contribution in [3.8, 4) is 11.5 Å². The molecule has 1 aromatic carbocycles. The Balaban J connectivity index is 1.48. The fourth-order valence-corrected chi connectivity index (χ4v) is 3.25. The van der Waals surface area contributed by atoms with E-state index >= 15 is 0 Å². The van der Waals surface area contributed by atoms with Crippen LogP contribution in [-0.2, 0) is 16.1 Å². The van der Waals surface area contributed by atoms with Crippen LogP contribution >= 0.6 is 0 Å². The van der Waals surface area contributed by atoms with Gasteiger partial charge in [-0.1, -0.05) is 5.16 Å². The molecule has 1 saturated heterocycles. The number of ether oxygens (including phenoxy) is 4. The van der Waals surface area contributed by atoms with Gasteiger partial charge in [0.05, 0.1) is 27.4 Å². The van der Waals surface area contributed by atoms with Crippen LogP contribution in [-0.4, -0.2) is 68.7 Å². The fourth-order valence-electron chi connectivity index (χ4n) is 3.25. The average Bonchev–Trinajstić information content (AvgIpc) is 3.25. The van der Waals surface area contributed by atoms with E-state index in [4.69, 9.17) is 23.5 Å². The van der Waals surface area contributed by atoms with Gasteiger partial charge in [0.2, 0.25) is 0 Å². The van der Waals surface area contributed by atoms with Crippen LogP contribution in [0.1, 0.15) is 30.5 Å². The summed E-state index contributed by atoms with van der Waals surface area (Å²) in [4.78, 5) is 18.8. The summed E-state index contributed by atoms with van der Waals surface area (Å²) in [5.74, 6) is 2.45. The minimum atomic E-state index is -0.152. The van der Waals surface area contributed by atoms with Crippen LogP contribution in [0, 0.1) is 0 Å². The van der Waals surface area contributed by atoms with Crippen molar-refractivity contribution >= 4 is 11.7 Å². The number of hydrogen-bond acceptors (Lipinski definition) is 8. The molecule has 10 nitrogen and oxygen atoms in total. The molecule has 0 unspecified atom stereocenters. The van der Waals surface area contributed by atoms with Crippen LogP contribution < -0.4 is 14.8 Å². The number of carbonyl (C=O) groups is 1. The largest absolute Gasteiger partial charge is 0.493 e. The maximum Gasteiger partial charge on any atom is 0.321 e. The molecule has 10 heteroatoms. The smallest absolute Gasteiger partial charge is 0.321 e. The van der Waals surface area contributed by atoms with Gasteiger partial charge in [-0.2, -0.15) is 4.98 Å². The Morgan fingerprint density at radius 3 is 2.63 bits per heavy atom. The quantitative estimate of drug-likeness (QED) is 0.617. The molecule has 1 aliphatic heterocycles. The summed E-state index contributed by atoms with van der Waals surface area (Å²) in [7, 11) is 4.75. The van der Waals surface area contributed by atoms with Crippen LogP contribution in [0.25, 0.3) is 0 Å². The normalized spacial score (nSPS) is 14.6. The third-order valence-electron chi connectivity index (χ3n) is 4.92. The van der Waals surface area contributed by atoms with Crippen LogP contribution in [0.15, 0.2) is 22.7 Å². The van der Waals surface area contributed by atoms with Gasteiger partial charge >= 0.3 is 6.03 Å². The van der Waals surface area contributed by atoms with Gasteiger partial charge in [0.1, 0.15) is 6.61 Å². The zero-order valence-corrected chi connectivity index (χ0v) is 17.6. The molecule has 1 N–H and O–H groups in total. The first-order valence-corrected chi connectivity index (χ1v) is 9.81. The second kappa shape index (κ2) is 10.8. The summed E-state index contributed by atoms with van der Waals surface area (Å²) < 4.78 is 26.1. The van der Waals surface area contributed by atoms with Gasteiger partial charge in [0.15, 0.2) is 17.3 Å². The molecular weight excluding hydrogens is 392 g/mol. The number of amides is 2. The highest BCUT2D eigenvalue weighted by Crippen LogP contribution is 2.30. The van der Waals surface area contributed by atoms with Crippen molar-refractivity contribution in [1.29, 1.82) is 0 Å². The number of nitrogens with one attached hydrogen (secondary N) is 1. The Labute approximate surface area is 175 Å². The van der Waals surface area contributed by atoms with E-state index in [0.717, 1.165) is 12.8 Å². The zero-order chi connectivity index (χ0) is 21.3. The molecule has 30 heavy (non-hydrogen) atoms. The van der Waals surface area contributed by atoms with E-state index in [0.29, 0.717) is 55.2 Å². The van der Waals surface area contributed by atoms with E-state index in [-0.39, 0.29) is 18.6 Å². The van der Waals surface area contributed by atoms with Gasteiger partial charge in [-0.25, -0.2) is 4.79 Å². The van der Waals surface area contributed by atoms with Crippen molar-refractivity contribution in [3.05, 3.63) is 29.9 Å². The monoisotopic (exact) mass is 420 g/mol. The SMILES string of the molecule is COCCOCc1nc(C2CCN(C(=O)Nc3ccc(OC)c(OC)c3)CC2)no1. The van der Waals surface area contributed by atoms with E-state index < -0.39 is 0 Å². The lowest BCUT2D eigenvalue weighted by molar-refractivity contribution is 0.0494. The number of anilines is 1. The summed E-state index contributed by atoms with van der Waals surface area (Å²) in [5, 5.41) is 6.97. The van der Waals surface area contributed by atoms with Crippen molar-refractivity contribution in [2.45, 2.75) is 25.4 Å². The molecule has 1 aliphatic rings. The molecule has 164 valence electrons. The van der Waals surface area contributed by atoms with Crippen molar-refractivity contribution in [3.63, 3.8) is 0 Å². The molecule has 2 aromatic rings. The molecule has 0 aliphatic carbocycles. The molecule has 0 atom stereocenters. The fraction of sp³-hybridized carbons (Fsp3) is 0.550. The third kappa shape index (κ3) is 5.61. The average molecular weight is 420 g/mol. The molecule has 0 saturated carbocycles. The number of piperidine rings is 1. The lowest BCUT2D eigenvalue weighted by Crippen LogP contribution is -2.40. The molecular formula is C20H28N4O6. The van der Waals surface area contributed by atoms with E-state index in [1.807, 2.05) is 0 Å². The highest BCUT2D eigenvalue weighted by molar-refractivity contribution is 5.89. The van der Waals surface area contributed by atoms with Crippen LogP contribution in [0.5, 0.6) is 11.5 Å². The molecule has 0 spiro atoms.